The lowest BCUT2D eigenvalue weighted by Crippen LogP contribution is -2.39. The van der Waals surface area contributed by atoms with Crippen molar-refractivity contribution in [2.24, 2.45) is 10.9 Å². The highest BCUT2D eigenvalue weighted by molar-refractivity contribution is 14.0. The Balaban J connectivity index is 0.00000441. The van der Waals surface area contributed by atoms with E-state index in [-0.39, 0.29) is 24.0 Å². The van der Waals surface area contributed by atoms with Gasteiger partial charge in [0.15, 0.2) is 5.96 Å². The zero-order valence-corrected chi connectivity index (χ0v) is 17.1. The Morgan fingerprint density at radius 1 is 1.27 bits per heavy atom. The molecule has 0 amide bonds. The maximum absolute atomic E-state index is 5.34. The summed E-state index contributed by atoms with van der Waals surface area (Å²) in [6.45, 7) is 7.03. The minimum absolute atomic E-state index is 0. The van der Waals surface area contributed by atoms with Gasteiger partial charge in [0.05, 0.1) is 6.26 Å². The number of aliphatic imine (C=N–C) groups is 1. The quantitative estimate of drug-likeness (QED) is 0.252. The molecule has 0 fully saturated rings. The van der Waals surface area contributed by atoms with Gasteiger partial charge in [-0.15, -0.1) is 24.0 Å². The fraction of sp³-hybridized carbons (Fsp3) is 0.688. The van der Waals surface area contributed by atoms with Gasteiger partial charge in [-0.25, -0.2) is 0 Å². The summed E-state index contributed by atoms with van der Waals surface area (Å²) in [6, 6.07) is 3.93. The van der Waals surface area contributed by atoms with Crippen LogP contribution in [-0.2, 0) is 6.42 Å². The predicted octanol–water partition coefficient (Wildman–Crippen LogP) is 3.77. The lowest BCUT2D eigenvalue weighted by atomic mass is 10.2. The van der Waals surface area contributed by atoms with Crippen LogP contribution in [-0.4, -0.2) is 37.6 Å². The highest BCUT2D eigenvalue weighted by Gasteiger charge is 2.01. The molecule has 1 heterocycles. The molecule has 0 aliphatic rings. The third kappa shape index (κ3) is 11.2. The third-order valence-corrected chi connectivity index (χ3v) is 3.62. The van der Waals surface area contributed by atoms with Gasteiger partial charge in [0.2, 0.25) is 0 Å². The van der Waals surface area contributed by atoms with E-state index in [9.17, 15) is 0 Å². The average Bonchev–Trinajstić information content (AvgIpc) is 2.97. The van der Waals surface area contributed by atoms with Gasteiger partial charge in [0.1, 0.15) is 5.76 Å². The first kappa shape index (κ1) is 21.6. The normalized spacial score (nSPS) is 11.4. The van der Waals surface area contributed by atoms with Crippen LogP contribution in [0.15, 0.2) is 27.8 Å². The maximum atomic E-state index is 5.34. The first-order chi connectivity index (χ1) is 10.2. The number of rotatable bonds is 10. The highest BCUT2D eigenvalue weighted by atomic mass is 127. The van der Waals surface area contributed by atoms with E-state index in [1.165, 1.54) is 18.6 Å². The summed E-state index contributed by atoms with van der Waals surface area (Å²) in [5.74, 6) is 3.72. The average molecular weight is 439 g/mol. The highest BCUT2D eigenvalue weighted by Crippen LogP contribution is 2.00. The number of nitrogens with zero attached hydrogens (tertiary/aromatic N) is 1. The monoisotopic (exact) mass is 439 g/mol. The Labute approximate surface area is 156 Å². The Hall–Kier alpha value is -0.370. The first-order valence-electron chi connectivity index (χ1n) is 7.76. The van der Waals surface area contributed by atoms with E-state index >= 15 is 0 Å². The maximum Gasteiger partial charge on any atom is 0.191 e. The molecule has 1 aromatic rings. The summed E-state index contributed by atoms with van der Waals surface area (Å²) in [5, 5.41) is 6.79. The molecular weight excluding hydrogens is 409 g/mol. The van der Waals surface area contributed by atoms with Crippen molar-refractivity contribution < 1.29 is 4.42 Å². The lowest BCUT2D eigenvalue weighted by Gasteiger charge is -2.13. The topological polar surface area (TPSA) is 49.6 Å². The summed E-state index contributed by atoms with van der Waals surface area (Å²) < 4.78 is 5.34. The molecule has 0 atom stereocenters. The second kappa shape index (κ2) is 14.2. The molecule has 0 spiro atoms. The van der Waals surface area contributed by atoms with Gasteiger partial charge in [-0.1, -0.05) is 13.8 Å². The second-order valence-electron chi connectivity index (χ2n) is 5.47. The molecule has 0 aliphatic carbocycles. The van der Waals surface area contributed by atoms with Crippen molar-refractivity contribution in [2.45, 2.75) is 33.1 Å². The number of halogens is 1. The van der Waals surface area contributed by atoms with Crippen LogP contribution in [0.2, 0.25) is 0 Å². The summed E-state index contributed by atoms with van der Waals surface area (Å²) >= 11 is 1.90. The van der Waals surface area contributed by atoms with E-state index in [4.69, 9.17) is 4.42 Å². The summed E-state index contributed by atoms with van der Waals surface area (Å²) in [6.07, 6.45) is 7.17. The van der Waals surface area contributed by atoms with Crippen LogP contribution in [0.4, 0.5) is 0 Å². The zero-order chi connectivity index (χ0) is 15.3. The minimum Gasteiger partial charge on any atom is -0.469 e. The molecule has 0 radical (unpaired) electrons. The van der Waals surface area contributed by atoms with Crippen molar-refractivity contribution in [3.63, 3.8) is 0 Å². The van der Waals surface area contributed by atoms with Crippen LogP contribution in [0.5, 0.6) is 0 Å². The van der Waals surface area contributed by atoms with Gasteiger partial charge < -0.3 is 15.1 Å². The minimum atomic E-state index is 0. The summed E-state index contributed by atoms with van der Waals surface area (Å²) in [7, 11) is 0. The summed E-state index contributed by atoms with van der Waals surface area (Å²) in [4.78, 5) is 4.62. The first-order valence-corrected chi connectivity index (χ1v) is 9.15. The predicted molar refractivity (Wildman–Crippen MR) is 109 cm³/mol. The number of nitrogens with one attached hydrogen (secondary N) is 2. The number of unbranched alkanes of at least 4 members (excludes halogenated alkanes) is 1. The molecule has 0 aliphatic heterocycles. The molecule has 1 rings (SSSR count). The van der Waals surface area contributed by atoms with Gasteiger partial charge >= 0.3 is 0 Å². The van der Waals surface area contributed by atoms with E-state index in [0.29, 0.717) is 5.92 Å². The van der Waals surface area contributed by atoms with Gasteiger partial charge in [0, 0.05) is 26.1 Å². The Bertz CT molecular complexity index is 383. The fourth-order valence-corrected chi connectivity index (χ4v) is 2.28. The van der Waals surface area contributed by atoms with Gasteiger partial charge in [-0.3, -0.25) is 4.99 Å². The molecule has 2 N–H and O–H groups in total. The molecule has 0 aromatic carbocycles. The summed E-state index contributed by atoms with van der Waals surface area (Å²) in [5.41, 5.74) is 0. The van der Waals surface area contributed by atoms with E-state index in [1.807, 2.05) is 23.9 Å². The fourth-order valence-electron chi connectivity index (χ4n) is 1.79. The Kier molecular flexibility index (Phi) is 14.0. The Morgan fingerprint density at radius 3 is 2.68 bits per heavy atom. The van der Waals surface area contributed by atoms with Gasteiger partial charge in [-0.2, -0.15) is 11.8 Å². The van der Waals surface area contributed by atoms with Crippen LogP contribution in [0.1, 0.15) is 32.4 Å². The number of hydrogen-bond acceptors (Lipinski definition) is 3. The van der Waals surface area contributed by atoms with Crippen LogP contribution < -0.4 is 10.6 Å². The van der Waals surface area contributed by atoms with Crippen LogP contribution in [0.3, 0.4) is 0 Å². The zero-order valence-electron chi connectivity index (χ0n) is 13.9. The molecule has 4 nitrogen and oxygen atoms in total. The molecule has 0 unspecified atom stereocenters. The molecule has 0 saturated heterocycles. The van der Waals surface area contributed by atoms with E-state index < -0.39 is 0 Å². The third-order valence-electron chi connectivity index (χ3n) is 2.93. The van der Waals surface area contributed by atoms with Gasteiger partial charge in [0.25, 0.3) is 0 Å². The second-order valence-corrected chi connectivity index (χ2v) is 6.45. The van der Waals surface area contributed by atoms with Crippen LogP contribution in [0.25, 0.3) is 0 Å². The largest absolute Gasteiger partial charge is 0.469 e. The van der Waals surface area contributed by atoms with Crippen molar-refractivity contribution in [1.82, 2.24) is 10.6 Å². The SMILES string of the molecule is CSCCCCNC(=NCC(C)C)NCCc1ccco1.I. The molecule has 22 heavy (non-hydrogen) atoms. The number of furan rings is 1. The van der Waals surface area contributed by atoms with Crippen molar-refractivity contribution in [3.8, 4) is 0 Å². The van der Waals surface area contributed by atoms with Crippen LogP contribution >= 0.6 is 35.7 Å². The van der Waals surface area contributed by atoms with Crippen molar-refractivity contribution in [3.05, 3.63) is 24.2 Å². The number of hydrogen-bond donors (Lipinski definition) is 2. The molecule has 0 bridgehead atoms. The number of guanidine groups is 1. The van der Waals surface area contributed by atoms with E-state index in [1.54, 1.807) is 6.26 Å². The molecule has 128 valence electrons. The van der Waals surface area contributed by atoms with Gasteiger partial charge in [-0.05, 0) is 42.9 Å². The van der Waals surface area contributed by atoms with E-state index in [2.05, 4.69) is 35.7 Å². The van der Waals surface area contributed by atoms with Crippen molar-refractivity contribution in [1.29, 1.82) is 0 Å². The standard InChI is InChI=1S/C16H29N3OS.HI/c1-14(2)13-19-16(17-9-4-5-12-21-3)18-10-8-15-7-6-11-20-15;/h6-7,11,14H,4-5,8-10,12-13H2,1-3H3,(H2,17,18,19);1H. The molecule has 1 aromatic heterocycles. The van der Waals surface area contributed by atoms with Crippen molar-refractivity contribution in [2.75, 3.05) is 31.6 Å². The van der Waals surface area contributed by atoms with E-state index in [0.717, 1.165) is 37.8 Å². The van der Waals surface area contributed by atoms with Crippen LogP contribution in [0, 0.1) is 5.92 Å². The molecule has 0 saturated carbocycles. The van der Waals surface area contributed by atoms with Crippen molar-refractivity contribution >= 4 is 41.7 Å². The Morgan fingerprint density at radius 2 is 2.05 bits per heavy atom. The smallest absolute Gasteiger partial charge is 0.191 e. The number of thioether (sulfide) groups is 1. The molecular formula is C16H30IN3OS. The lowest BCUT2D eigenvalue weighted by molar-refractivity contribution is 0.506. The molecule has 6 heteroatoms.